The van der Waals surface area contributed by atoms with Crippen molar-refractivity contribution in [2.75, 3.05) is 0 Å². The molecule has 0 atom stereocenters. The minimum Gasteiger partial charge on any atom is -0.473 e. The van der Waals surface area contributed by atoms with E-state index in [1.54, 1.807) is 98.1 Å². The average molecular weight is 665 g/mol. The summed E-state index contributed by atoms with van der Waals surface area (Å²) in [7, 11) is 0. The smallest absolute Gasteiger partial charge is 0.180 e. The Morgan fingerprint density at radius 2 is 0.979 bits per heavy atom. The first-order chi connectivity index (χ1) is 24.0. The molecule has 0 aliphatic carbocycles. The van der Waals surface area contributed by atoms with Crippen LogP contribution in [0.15, 0.2) is 232 Å². The average Bonchev–Trinajstić information content (AvgIpc) is 4.03. The lowest BCUT2D eigenvalue weighted by molar-refractivity contribution is 0.420. The number of rotatable bonds is 0. The predicted octanol–water partition coefficient (Wildman–Crippen LogP) is 8.71. The lowest BCUT2D eigenvalue weighted by Gasteiger charge is -1.70. The largest absolute Gasteiger partial charge is 0.473 e. The van der Waals surface area contributed by atoms with E-state index in [0.29, 0.717) is 0 Å². The molecule has 0 radical (unpaired) electrons. The maximum Gasteiger partial charge on any atom is 0.180 e. The van der Waals surface area contributed by atoms with Gasteiger partial charge in [0.2, 0.25) is 0 Å². The Hall–Kier alpha value is -6.73. The summed E-state index contributed by atoms with van der Waals surface area (Å²) in [6.45, 7) is 0. The fourth-order valence-electron chi connectivity index (χ4n) is 2.15. The standard InChI is InChI=1S/C6H6.C5H5N.C4H4N2.C4H4O.C4H4S.C3H4N2.3C3H3NO/c2*1-2-4-6-5-3-1;1-2-5-4-6-3-1;2*1-2-4-5-3-1;3*1-2-5-3-4-1;1-2-4-5-3-1/h1-6H;1-5H;1-4H;2*1-4H;1-3H,(H,4,5);3*1-3H. The number of benzene rings is 1. The van der Waals surface area contributed by atoms with Crippen LogP contribution in [0.2, 0.25) is 0 Å². The van der Waals surface area contributed by atoms with Crippen molar-refractivity contribution in [3.63, 3.8) is 0 Å². The maximum absolute atomic E-state index is 4.58. The van der Waals surface area contributed by atoms with Crippen molar-refractivity contribution in [3.8, 4) is 0 Å². The Morgan fingerprint density at radius 3 is 1.15 bits per heavy atom. The molecule has 0 aliphatic rings. The number of aromatic amines is 1. The number of oxazole rings is 2. The van der Waals surface area contributed by atoms with Crippen molar-refractivity contribution in [2.45, 2.75) is 0 Å². The third-order valence-electron chi connectivity index (χ3n) is 4.01. The molecule has 0 amide bonds. The first-order valence-corrected chi connectivity index (χ1v) is 14.8. The first kappa shape index (κ1) is 39.3. The van der Waals surface area contributed by atoms with Crippen LogP contribution in [-0.4, -0.2) is 40.0 Å². The maximum atomic E-state index is 4.58. The lowest BCUT2D eigenvalue weighted by Crippen LogP contribution is -1.66. The molecule has 1 aromatic carbocycles. The number of nitrogens with one attached hydrogen (secondary N) is 1. The van der Waals surface area contributed by atoms with Gasteiger partial charge in [-0.05, 0) is 47.2 Å². The minimum atomic E-state index is 1.38. The van der Waals surface area contributed by atoms with Gasteiger partial charge in [-0.25, -0.2) is 24.9 Å². The number of thiophene rings is 1. The second-order valence-corrected chi connectivity index (χ2v) is 8.29. The van der Waals surface area contributed by atoms with Crippen LogP contribution >= 0.6 is 11.3 Å². The molecule has 0 spiro atoms. The van der Waals surface area contributed by atoms with Crippen molar-refractivity contribution in [2.24, 2.45) is 0 Å². The van der Waals surface area contributed by atoms with E-state index in [4.69, 9.17) is 0 Å². The Labute approximate surface area is 282 Å². The number of hydrogen-bond donors (Lipinski definition) is 1. The van der Waals surface area contributed by atoms with Gasteiger partial charge in [0, 0.05) is 37.2 Å². The quantitative estimate of drug-likeness (QED) is 0.165. The van der Waals surface area contributed by atoms with E-state index in [-0.39, 0.29) is 0 Å². The molecule has 246 valence electrons. The van der Waals surface area contributed by atoms with E-state index in [1.807, 2.05) is 89.6 Å². The molecule has 8 aromatic heterocycles. The van der Waals surface area contributed by atoms with Crippen molar-refractivity contribution in [1.29, 1.82) is 0 Å². The van der Waals surface area contributed by atoms with Crippen LogP contribution in [0.3, 0.4) is 0 Å². The van der Waals surface area contributed by atoms with Crippen molar-refractivity contribution in [1.82, 2.24) is 40.0 Å². The zero-order valence-electron chi connectivity index (χ0n) is 25.9. The van der Waals surface area contributed by atoms with Gasteiger partial charge in [0.15, 0.2) is 12.8 Å². The van der Waals surface area contributed by atoms with Crippen LogP contribution in [0.1, 0.15) is 0 Å². The molecule has 9 aromatic rings. The van der Waals surface area contributed by atoms with E-state index in [9.17, 15) is 0 Å². The van der Waals surface area contributed by atoms with Gasteiger partial charge in [0.25, 0.3) is 0 Å². The molecule has 48 heavy (non-hydrogen) atoms. The third kappa shape index (κ3) is 33.8. The van der Waals surface area contributed by atoms with E-state index in [0.717, 1.165) is 0 Å². The Bertz CT molecular complexity index is 1130. The molecule has 0 saturated heterocycles. The van der Waals surface area contributed by atoms with Crippen LogP contribution in [0.25, 0.3) is 0 Å². The highest BCUT2D eigenvalue weighted by atomic mass is 32.1. The molecule has 8 heterocycles. The summed E-state index contributed by atoms with van der Waals surface area (Å²) in [4.78, 5) is 24.7. The number of furan rings is 1. The number of nitrogens with zero attached hydrogens (tertiary/aromatic N) is 7. The normalized spacial score (nSPS) is 8.00. The number of pyridine rings is 1. The van der Waals surface area contributed by atoms with E-state index < -0.39 is 0 Å². The SMILES string of the molecule is c1c[nH]cn1.c1ccccc1.c1ccncc1.c1ccoc1.c1ccsc1.c1cncnc1.c1cnoc1.c1cocn1.c1cocn1. The number of hydrogen-bond acceptors (Lipinski definition) is 12. The summed E-state index contributed by atoms with van der Waals surface area (Å²) in [6, 6.07) is 28.9. The van der Waals surface area contributed by atoms with Gasteiger partial charge in [-0.15, -0.1) is 0 Å². The predicted molar refractivity (Wildman–Crippen MR) is 184 cm³/mol. The zero-order chi connectivity index (χ0) is 33.9. The van der Waals surface area contributed by atoms with Crippen LogP contribution in [0.5, 0.6) is 0 Å². The molecule has 9 rings (SSSR count). The molecular weight excluding hydrogens is 629 g/mol. The van der Waals surface area contributed by atoms with Crippen LogP contribution in [0, 0.1) is 0 Å². The Kier molecular flexibility index (Phi) is 29.8. The molecular formula is C35H36N8O4S. The van der Waals surface area contributed by atoms with Crippen LogP contribution in [0.4, 0.5) is 0 Å². The molecule has 0 fully saturated rings. The van der Waals surface area contributed by atoms with Gasteiger partial charge in [-0.1, -0.05) is 59.8 Å². The second-order valence-electron chi connectivity index (χ2n) is 7.47. The molecule has 1 N–H and O–H groups in total. The van der Waals surface area contributed by atoms with Crippen molar-refractivity contribution >= 4 is 11.3 Å². The summed E-state index contributed by atoms with van der Waals surface area (Å²) < 4.78 is 17.9. The lowest BCUT2D eigenvalue weighted by atomic mass is 10.4. The summed E-state index contributed by atoms with van der Waals surface area (Å²) in [5.41, 5.74) is 0. The highest BCUT2D eigenvalue weighted by Crippen LogP contribution is 1.91. The van der Waals surface area contributed by atoms with Gasteiger partial charge < -0.3 is 22.8 Å². The van der Waals surface area contributed by atoms with E-state index in [1.165, 1.54) is 37.9 Å². The highest BCUT2D eigenvalue weighted by Gasteiger charge is 1.63. The van der Waals surface area contributed by atoms with Crippen LogP contribution < -0.4 is 0 Å². The number of H-pyrrole nitrogens is 1. The summed E-state index contributed by atoms with van der Waals surface area (Å²) in [5.74, 6) is 0. The van der Waals surface area contributed by atoms with E-state index >= 15 is 0 Å². The van der Waals surface area contributed by atoms with Crippen molar-refractivity contribution < 1.29 is 17.8 Å². The van der Waals surface area contributed by atoms with Gasteiger partial charge in [-0.2, -0.15) is 11.3 Å². The van der Waals surface area contributed by atoms with Crippen molar-refractivity contribution in [3.05, 3.63) is 214 Å². The summed E-state index contributed by atoms with van der Waals surface area (Å²) >= 11 is 1.71. The number of aromatic nitrogens is 8. The third-order valence-corrected chi connectivity index (χ3v) is 4.64. The number of imidazole rings is 1. The topological polar surface area (TPSA) is 159 Å². The molecule has 0 saturated carbocycles. The molecule has 13 heteroatoms. The summed E-state index contributed by atoms with van der Waals surface area (Å²) in [6.07, 6.45) is 28.7. The van der Waals surface area contributed by atoms with E-state index in [2.05, 4.69) is 57.8 Å². The second kappa shape index (κ2) is 36.5. The van der Waals surface area contributed by atoms with Gasteiger partial charge in [-0.3, -0.25) is 4.98 Å². The van der Waals surface area contributed by atoms with Crippen LogP contribution in [-0.2, 0) is 0 Å². The molecule has 0 bridgehead atoms. The fraction of sp³-hybridized carbons (Fsp3) is 0. The molecule has 0 unspecified atom stereocenters. The molecule has 0 aliphatic heterocycles. The van der Waals surface area contributed by atoms with Gasteiger partial charge in [0.1, 0.15) is 25.1 Å². The first-order valence-electron chi connectivity index (χ1n) is 13.9. The molecule has 12 nitrogen and oxygen atoms in total. The Morgan fingerprint density at radius 1 is 0.396 bits per heavy atom. The zero-order valence-corrected chi connectivity index (χ0v) is 26.7. The monoisotopic (exact) mass is 664 g/mol. The minimum absolute atomic E-state index is 1.38. The van der Waals surface area contributed by atoms with Gasteiger partial charge in [0.05, 0.1) is 37.4 Å². The fourth-order valence-corrected chi connectivity index (χ4v) is 2.60. The Balaban J connectivity index is 0.000000270. The highest BCUT2D eigenvalue weighted by molar-refractivity contribution is 7.07. The summed E-state index contributed by atoms with van der Waals surface area (Å²) in [5, 5.41) is 7.43. The van der Waals surface area contributed by atoms with Gasteiger partial charge >= 0.3 is 0 Å².